The van der Waals surface area contributed by atoms with Crippen LogP contribution in [0.2, 0.25) is 5.02 Å². The molecule has 2 aromatic rings. The largest absolute Gasteiger partial charge is 0.360 e. The topological polar surface area (TPSA) is 15.3 Å². The van der Waals surface area contributed by atoms with E-state index in [-0.39, 0.29) is 0 Å². The van der Waals surface area contributed by atoms with Crippen LogP contribution in [0.25, 0.3) is 0 Å². The second-order valence-corrected chi connectivity index (χ2v) is 6.20. The lowest BCUT2D eigenvalue weighted by Gasteiger charge is -2.42. The summed E-state index contributed by atoms with van der Waals surface area (Å²) in [6.07, 6.45) is 0. The Labute approximate surface area is 131 Å². The number of benzene rings is 2. The molecule has 0 aliphatic carbocycles. The fourth-order valence-electron chi connectivity index (χ4n) is 3.12. The number of aryl methyl sites for hydroxylation is 1. The van der Waals surface area contributed by atoms with E-state index in [1.54, 1.807) is 0 Å². The number of halogens is 1. The summed E-state index contributed by atoms with van der Waals surface area (Å²) in [7, 11) is 0. The highest BCUT2D eigenvalue weighted by Gasteiger charge is 2.29. The van der Waals surface area contributed by atoms with E-state index in [4.69, 9.17) is 11.6 Å². The summed E-state index contributed by atoms with van der Waals surface area (Å²) in [5.41, 5.74) is 3.73. The molecule has 0 spiro atoms. The van der Waals surface area contributed by atoms with E-state index in [0.29, 0.717) is 12.1 Å². The van der Waals surface area contributed by atoms with Crippen molar-refractivity contribution >= 4 is 17.3 Å². The highest BCUT2D eigenvalue weighted by atomic mass is 35.5. The van der Waals surface area contributed by atoms with Crippen LogP contribution in [0.1, 0.15) is 24.1 Å². The molecule has 3 rings (SSSR count). The van der Waals surface area contributed by atoms with Gasteiger partial charge in [-0.3, -0.25) is 0 Å². The summed E-state index contributed by atoms with van der Waals surface area (Å²) in [5.74, 6) is 0. The van der Waals surface area contributed by atoms with E-state index in [1.807, 2.05) is 12.1 Å². The van der Waals surface area contributed by atoms with Crippen molar-refractivity contribution in [3.05, 3.63) is 64.7 Å². The third-order valence-electron chi connectivity index (χ3n) is 4.17. The Balaban J connectivity index is 2.03. The summed E-state index contributed by atoms with van der Waals surface area (Å²) in [4.78, 5) is 2.45. The lowest BCUT2D eigenvalue weighted by atomic mass is 9.99. The molecule has 2 atom stereocenters. The first-order chi connectivity index (χ1) is 10.2. The van der Waals surface area contributed by atoms with Crippen LogP contribution in [0.3, 0.4) is 0 Å². The molecule has 3 heteroatoms. The molecule has 1 fully saturated rings. The van der Waals surface area contributed by atoms with Crippen LogP contribution in [0.4, 0.5) is 5.69 Å². The van der Waals surface area contributed by atoms with Crippen LogP contribution >= 0.6 is 11.6 Å². The van der Waals surface area contributed by atoms with Gasteiger partial charge in [0.15, 0.2) is 0 Å². The Kier molecular flexibility index (Phi) is 4.18. The van der Waals surface area contributed by atoms with Gasteiger partial charge in [0.25, 0.3) is 0 Å². The monoisotopic (exact) mass is 300 g/mol. The van der Waals surface area contributed by atoms with Crippen molar-refractivity contribution in [1.82, 2.24) is 5.32 Å². The molecular formula is C18H21ClN2. The van der Waals surface area contributed by atoms with E-state index < -0.39 is 0 Å². The summed E-state index contributed by atoms with van der Waals surface area (Å²) in [6, 6.07) is 17.6. The standard InChI is InChI=1S/C18H21ClN2/c1-13-7-6-10-16(19)18(13)21-12-14(2)20-11-17(21)15-8-4-3-5-9-15/h3-10,14,17,20H,11-12H2,1-2H3. The Morgan fingerprint density at radius 3 is 2.57 bits per heavy atom. The molecule has 0 saturated carbocycles. The minimum atomic E-state index is 0.320. The van der Waals surface area contributed by atoms with Gasteiger partial charge in [-0.15, -0.1) is 0 Å². The minimum Gasteiger partial charge on any atom is -0.360 e. The number of hydrogen-bond donors (Lipinski definition) is 1. The van der Waals surface area contributed by atoms with Gasteiger partial charge < -0.3 is 10.2 Å². The van der Waals surface area contributed by atoms with E-state index in [9.17, 15) is 0 Å². The average molecular weight is 301 g/mol. The molecule has 0 radical (unpaired) electrons. The van der Waals surface area contributed by atoms with Gasteiger partial charge in [-0.2, -0.15) is 0 Å². The predicted octanol–water partition coefficient (Wildman–Crippen LogP) is 4.19. The summed E-state index contributed by atoms with van der Waals surface area (Å²) in [6.45, 7) is 6.26. The third kappa shape index (κ3) is 2.92. The minimum absolute atomic E-state index is 0.320. The van der Waals surface area contributed by atoms with E-state index in [0.717, 1.165) is 18.1 Å². The van der Waals surface area contributed by atoms with Gasteiger partial charge in [-0.25, -0.2) is 0 Å². The summed E-state index contributed by atoms with van der Waals surface area (Å²) >= 11 is 6.50. The van der Waals surface area contributed by atoms with Crippen LogP contribution in [0.5, 0.6) is 0 Å². The maximum atomic E-state index is 6.50. The van der Waals surface area contributed by atoms with Crippen molar-refractivity contribution in [1.29, 1.82) is 0 Å². The lowest BCUT2D eigenvalue weighted by Crippen LogP contribution is -2.51. The van der Waals surface area contributed by atoms with Crippen LogP contribution in [0.15, 0.2) is 48.5 Å². The molecule has 2 unspecified atom stereocenters. The number of rotatable bonds is 2. The van der Waals surface area contributed by atoms with Crippen molar-refractivity contribution in [2.75, 3.05) is 18.0 Å². The zero-order valence-electron chi connectivity index (χ0n) is 12.5. The van der Waals surface area contributed by atoms with E-state index in [2.05, 4.69) is 60.5 Å². The van der Waals surface area contributed by atoms with Crippen molar-refractivity contribution in [2.45, 2.75) is 25.9 Å². The molecule has 21 heavy (non-hydrogen) atoms. The van der Waals surface area contributed by atoms with Crippen molar-refractivity contribution in [3.8, 4) is 0 Å². The molecular weight excluding hydrogens is 280 g/mol. The molecule has 1 heterocycles. The smallest absolute Gasteiger partial charge is 0.0668 e. The van der Waals surface area contributed by atoms with Crippen molar-refractivity contribution in [2.24, 2.45) is 0 Å². The quantitative estimate of drug-likeness (QED) is 0.895. The van der Waals surface area contributed by atoms with Crippen molar-refractivity contribution < 1.29 is 0 Å². The van der Waals surface area contributed by atoms with Crippen LogP contribution in [-0.2, 0) is 0 Å². The SMILES string of the molecule is Cc1cccc(Cl)c1N1CC(C)NCC1c1ccccc1. The van der Waals surface area contributed by atoms with Gasteiger partial charge in [0.05, 0.1) is 16.8 Å². The Hall–Kier alpha value is -1.51. The van der Waals surface area contributed by atoms with Gasteiger partial charge in [0.2, 0.25) is 0 Å². The Bertz CT molecular complexity index is 592. The summed E-state index contributed by atoms with van der Waals surface area (Å²) in [5, 5.41) is 4.42. The number of para-hydroxylation sites is 1. The fraction of sp³-hybridized carbons (Fsp3) is 0.333. The normalized spacial score (nSPS) is 22.3. The second kappa shape index (κ2) is 6.08. The molecule has 2 aromatic carbocycles. The van der Waals surface area contributed by atoms with Gasteiger partial charge in [-0.05, 0) is 31.0 Å². The molecule has 1 N–H and O–H groups in total. The summed E-state index contributed by atoms with van der Waals surface area (Å²) < 4.78 is 0. The molecule has 2 nitrogen and oxygen atoms in total. The molecule has 1 aliphatic heterocycles. The number of hydrogen-bond acceptors (Lipinski definition) is 2. The second-order valence-electron chi connectivity index (χ2n) is 5.79. The molecule has 0 aromatic heterocycles. The molecule has 1 aliphatic rings. The number of piperazine rings is 1. The predicted molar refractivity (Wildman–Crippen MR) is 90.2 cm³/mol. The zero-order valence-corrected chi connectivity index (χ0v) is 13.3. The number of anilines is 1. The first-order valence-electron chi connectivity index (χ1n) is 7.47. The Morgan fingerprint density at radius 2 is 1.86 bits per heavy atom. The first-order valence-corrected chi connectivity index (χ1v) is 7.84. The van der Waals surface area contributed by atoms with Crippen molar-refractivity contribution in [3.63, 3.8) is 0 Å². The maximum Gasteiger partial charge on any atom is 0.0668 e. The van der Waals surface area contributed by atoms with Gasteiger partial charge in [-0.1, -0.05) is 54.1 Å². The first kappa shape index (κ1) is 14.4. The molecule has 0 amide bonds. The zero-order chi connectivity index (χ0) is 14.8. The lowest BCUT2D eigenvalue weighted by molar-refractivity contribution is 0.416. The van der Waals surface area contributed by atoms with Gasteiger partial charge in [0, 0.05) is 19.1 Å². The maximum absolute atomic E-state index is 6.50. The average Bonchev–Trinajstić information content (AvgIpc) is 2.48. The van der Waals surface area contributed by atoms with Crippen LogP contribution in [0, 0.1) is 6.92 Å². The highest BCUT2D eigenvalue weighted by Crippen LogP contribution is 2.36. The highest BCUT2D eigenvalue weighted by molar-refractivity contribution is 6.33. The number of nitrogens with zero attached hydrogens (tertiary/aromatic N) is 1. The van der Waals surface area contributed by atoms with Gasteiger partial charge in [0.1, 0.15) is 0 Å². The van der Waals surface area contributed by atoms with Crippen LogP contribution in [-0.4, -0.2) is 19.1 Å². The van der Waals surface area contributed by atoms with E-state index >= 15 is 0 Å². The molecule has 0 bridgehead atoms. The number of nitrogens with one attached hydrogen (secondary N) is 1. The van der Waals surface area contributed by atoms with E-state index in [1.165, 1.54) is 16.8 Å². The molecule has 1 saturated heterocycles. The fourth-order valence-corrected chi connectivity index (χ4v) is 3.45. The van der Waals surface area contributed by atoms with Gasteiger partial charge >= 0.3 is 0 Å². The third-order valence-corrected chi connectivity index (χ3v) is 4.47. The van der Waals surface area contributed by atoms with Crippen LogP contribution < -0.4 is 10.2 Å². The Morgan fingerprint density at radius 1 is 1.10 bits per heavy atom. The molecule has 110 valence electrons.